The van der Waals surface area contributed by atoms with Crippen molar-refractivity contribution in [1.82, 2.24) is 9.80 Å². The molecule has 0 saturated carbocycles. The van der Waals surface area contributed by atoms with E-state index in [1.807, 2.05) is 21.9 Å². The summed E-state index contributed by atoms with van der Waals surface area (Å²) in [7, 11) is 0. The minimum Gasteiger partial charge on any atom is -0.392 e. The summed E-state index contributed by atoms with van der Waals surface area (Å²) in [4.78, 5) is 28.4. The molecule has 1 N–H and O–H groups in total. The Labute approximate surface area is 156 Å². The number of aliphatic hydroxyl groups is 1. The van der Waals surface area contributed by atoms with Crippen LogP contribution < -0.4 is 0 Å². The van der Waals surface area contributed by atoms with Gasteiger partial charge in [-0.3, -0.25) is 9.59 Å². The second-order valence-electron chi connectivity index (χ2n) is 7.62. The Morgan fingerprint density at radius 2 is 2.00 bits per heavy atom. The molecule has 3 rings (SSSR count). The molecule has 5 nitrogen and oxygen atoms in total. The molecule has 1 atom stereocenters. The van der Waals surface area contributed by atoms with E-state index in [9.17, 15) is 14.7 Å². The van der Waals surface area contributed by atoms with E-state index in [1.165, 1.54) is 5.56 Å². The van der Waals surface area contributed by atoms with Crippen LogP contribution in [0.5, 0.6) is 0 Å². The summed E-state index contributed by atoms with van der Waals surface area (Å²) < 4.78 is 0. The van der Waals surface area contributed by atoms with Crippen molar-refractivity contribution in [2.45, 2.75) is 51.6 Å². The van der Waals surface area contributed by atoms with Crippen LogP contribution in [0.1, 0.15) is 49.7 Å². The van der Waals surface area contributed by atoms with Crippen LogP contribution >= 0.6 is 0 Å². The highest BCUT2D eigenvalue weighted by atomic mass is 16.3. The molecule has 0 aromatic heterocycles. The molecule has 0 spiro atoms. The number of rotatable bonds is 6. The monoisotopic (exact) mass is 358 g/mol. The van der Waals surface area contributed by atoms with E-state index >= 15 is 0 Å². The first-order valence-electron chi connectivity index (χ1n) is 9.90. The number of likely N-dealkylation sites (tertiary alicyclic amines) is 2. The lowest BCUT2D eigenvalue weighted by atomic mass is 9.97. The smallest absolute Gasteiger partial charge is 0.224 e. The molecule has 2 fully saturated rings. The van der Waals surface area contributed by atoms with E-state index in [1.54, 1.807) is 0 Å². The summed E-state index contributed by atoms with van der Waals surface area (Å²) in [6.07, 6.45) is 6.19. The van der Waals surface area contributed by atoms with Crippen molar-refractivity contribution < 1.29 is 14.7 Å². The van der Waals surface area contributed by atoms with Crippen LogP contribution in [0, 0.1) is 5.92 Å². The molecule has 0 bridgehead atoms. The van der Waals surface area contributed by atoms with Gasteiger partial charge in [0.2, 0.25) is 11.8 Å². The number of hydrogen-bond acceptors (Lipinski definition) is 3. The number of benzene rings is 1. The molecule has 0 radical (unpaired) electrons. The number of carbonyl (C=O) groups excluding carboxylic acids is 2. The van der Waals surface area contributed by atoms with Crippen LogP contribution in [0.2, 0.25) is 0 Å². The van der Waals surface area contributed by atoms with Crippen LogP contribution in [0.4, 0.5) is 0 Å². The second-order valence-corrected chi connectivity index (χ2v) is 7.62. The number of hydrogen-bond donors (Lipinski definition) is 1. The molecule has 2 amide bonds. The third kappa shape index (κ3) is 5.07. The van der Waals surface area contributed by atoms with Gasteiger partial charge in [-0.05, 0) is 42.7 Å². The third-order valence-electron chi connectivity index (χ3n) is 5.60. The minimum absolute atomic E-state index is 0.0678. The van der Waals surface area contributed by atoms with Gasteiger partial charge in [-0.25, -0.2) is 0 Å². The lowest BCUT2D eigenvalue weighted by Crippen LogP contribution is -2.36. The van der Waals surface area contributed by atoms with Gasteiger partial charge in [0.25, 0.3) is 0 Å². The molecular weight excluding hydrogens is 328 g/mol. The normalized spacial score (nSPS) is 21.1. The van der Waals surface area contributed by atoms with Crippen LogP contribution in [-0.2, 0) is 22.6 Å². The fraction of sp³-hybridized carbons (Fsp3) is 0.619. The minimum atomic E-state index is 0.0678. The van der Waals surface area contributed by atoms with Crippen LogP contribution in [0.15, 0.2) is 24.3 Å². The maximum Gasteiger partial charge on any atom is 0.224 e. The quantitative estimate of drug-likeness (QED) is 0.849. The number of nitrogens with zero attached hydrogens (tertiary/aromatic N) is 2. The number of carbonyl (C=O) groups is 2. The SMILES string of the molecule is O=C1CCCCCN1CCC(=O)N1CC[C@@H](Cc2cccc(CO)c2)C1. The Hall–Kier alpha value is -1.88. The van der Waals surface area contributed by atoms with Crippen molar-refractivity contribution in [2.75, 3.05) is 26.2 Å². The summed E-state index contributed by atoms with van der Waals surface area (Å²) in [5.74, 6) is 0.861. The van der Waals surface area contributed by atoms with E-state index in [0.717, 1.165) is 57.3 Å². The van der Waals surface area contributed by atoms with Gasteiger partial charge in [0.1, 0.15) is 0 Å². The predicted octanol–water partition coefficient (Wildman–Crippen LogP) is 2.36. The fourth-order valence-corrected chi connectivity index (χ4v) is 4.08. The molecule has 5 heteroatoms. The van der Waals surface area contributed by atoms with Crippen LogP contribution in [-0.4, -0.2) is 52.9 Å². The highest BCUT2D eigenvalue weighted by Crippen LogP contribution is 2.22. The summed E-state index contributed by atoms with van der Waals surface area (Å²) in [6.45, 7) is 3.05. The highest BCUT2D eigenvalue weighted by Gasteiger charge is 2.27. The molecule has 0 unspecified atom stereocenters. The van der Waals surface area contributed by atoms with E-state index in [0.29, 0.717) is 25.3 Å². The topological polar surface area (TPSA) is 60.9 Å². The lowest BCUT2D eigenvalue weighted by Gasteiger charge is -2.22. The van der Waals surface area contributed by atoms with Crippen LogP contribution in [0.25, 0.3) is 0 Å². The number of aliphatic hydroxyl groups excluding tert-OH is 1. The van der Waals surface area contributed by atoms with E-state index in [-0.39, 0.29) is 18.4 Å². The van der Waals surface area contributed by atoms with Gasteiger partial charge in [-0.1, -0.05) is 30.7 Å². The van der Waals surface area contributed by atoms with Crippen molar-refractivity contribution in [3.05, 3.63) is 35.4 Å². The molecular formula is C21H30N2O3. The third-order valence-corrected chi connectivity index (χ3v) is 5.60. The molecule has 2 aliphatic rings. The van der Waals surface area contributed by atoms with Crippen LogP contribution in [0.3, 0.4) is 0 Å². The highest BCUT2D eigenvalue weighted by molar-refractivity contribution is 5.79. The standard InChI is InChI=1S/C21H30N2O3/c24-16-19-6-4-5-17(14-19)13-18-8-11-23(15-18)21(26)9-12-22-10-3-1-2-7-20(22)25/h4-6,14,18,24H,1-3,7-13,15-16H2/t18-/m0/s1. The zero-order valence-electron chi connectivity index (χ0n) is 15.5. The summed E-state index contributed by atoms with van der Waals surface area (Å²) >= 11 is 0. The maximum atomic E-state index is 12.5. The molecule has 2 saturated heterocycles. The summed E-state index contributed by atoms with van der Waals surface area (Å²) in [5, 5.41) is 9.26. The van der Waals surface area contributed by atoms with Gasteiger partial charge >= 0.3 is 0 Å². The molecule has 0 aliphatic carbocycles. The largest absolute Gasteiger partial charge is 0.392 e. The van der Waals surface area contributed by atoms with Crippen molar-refractivity contribution in [1.29, 1.82) is 0 Å². The van der Waals surface area contributed by atoms with Crippen molar-refractivity contribution in [3.63, 3.8) is 0 Å². The van der Waals surface area contributed by atoms with Gasteiger partial charge in [0, 0.05) is 39.0 Å². The van der Waals surface area contributed by atoms with Crippen molar-refractivity contribution in [2.24, 2.45) is 5.92 Å². The van der Waals surface area contributed by atoms with Gasteiger partial charge in [-0.15, -0.1) is 0 Å². The second kappa shape index (κ2) is 9.17. The molecule has 2 aliphatic heterocycles. The van der Waals surface area contributed by atoms with Crippen molar-refractivity contribution in [3.8, 4) is 0 Å². The molecule has 1 aromatic carbocycles. The molecule has 1 aromatic rings. The zero-order chi connectivity index (χ0) is 18.4. The van der Waals surface area contributed by atoms with Gasteiger partial charge in [-0.2, -0.15) is 0 Å². The Kier molecular flexibility index (Phi) is 6.67. The molecule has 142 valence electrons. The van der Waals surface area contributed by atoms with E-state index in [4.69, 9.17) is 0 Å². The first kappa shape index (κ1) is 18.9. The Balaban J connectivity index is 1.45. The predicted molar refractivity (Wildman–Crippen MR) is 100 cm³/mol. The summed E-state index contributed by atoms with van der Waals surface area (Å²) in [6, 6.07) is 8.05. The lowest BCUT2D eigenvalue weighted by molar-refractivity contribution is -0.133. The maximum absolute atomic E-state index is 12.5. The average molecular weight is 358 g/mol. The number of amides is 2. The Morgan fingerprint density at radius 3 is 2.85 bits per heavy atom. The first-order chi connectivity index (χ1) is 12.7. The van der Waals surface area contributed by atoms with Gasteiger partial charge < -0.3 is 14.9 Å². The van der Waals surface area contributed by atoms with Crippen molar-refractivity contribution >= 4 is 11.8 Å². The summed E-state index contributed by atoms with van der Waals surface area (Å²) in [5.41, 5.74) is 2.17. The Bertz CT molecular complexity index is 631. The zero-order valence-corrected chi connectivity index (χ0v) is 15.5. The average Bonchev–Trinajstić information content (AvgIpc) is 3.02. The Morgan fingerprint density at radius 1 is 1.15 bits per heavy atom. The fourth-order valence-electron chi connectivity index (χ4n) is 4.08. The first-order valence-corrected chi connectivity index (χ1v) is 9.90. The van der Waals surface area contributed by atoms with E-state index in [2.05, 4.69) is 12.1 Å². The molecule has 2 heterocycles. The van der Waals surface area contributed by atoms with Gasteiger partial charge in [0.05, 0.1) is 6.61 Å². The van der Waals surface area contributed by atoms with E-state index < -0.39 is 0 Å². The van der Waals surface area contributed by atoms with Gasteiger partial charge in [0.15, 0.2) is 0 Å². The molecule has 26 heavy (non-hydrogen) atoms.